The lowest BCUT2D eigenvalue weighted by atomic mass is 10.0. The second-order valence-electron chi connectivity index (χ2n) is 18.9. The third-order valence-corrected chi connectivity index (χ3v) is 12.6. The molecule has 0 aromatic heterocycles. The Morgan fingerprint density at radius 1 is 0.450 bits per heavy atom. The third kappa shape index (κ3) is 46.5. The molecule has 0 bridgehead atoms. The Hall–Kier alpha value is -0.990. The topological polar surface area (TPSA) is 111 Å². The fourth-order valence-corrected chi connectivity index (χ4v) is 8.33. The molecule has 0 heterocycles. The Morgan fingerprint density at radius 3 is 1.07 bits per heavy atom. The molecule has 0 amide bonds. The molecule has 10 heteroatoms. The molecule has 358 valence electrons. The van der Waals surface area contributed by atoms with Crippen LogP contribution in [0.25, 0.3) is 0 Å². The summed E-state index contributed by atoms with van der Waals surface area (Å²) in [6, 6.07) is 0. The van der Waals surface area contributed by atoms with Crippen LogP contribution >= 0.6 is 7.82 Å². The molecule has 0 aromatic rings. The molecule has 0 rings (SSSR count). The molecule has 2 atom stereocenters. The van der Waals surface area contributed by atoms with Gasteiger partial charge in [0.2, 0.25) is 0 Å². The minimum absolute atomic E-state index is 0.0253. The Morgan fingerprint density at radius 2 is 0.750 bits per heavy atom. The minimum Gasteiger partial charge on any atom is -0.756 e. The van der Waals surface area contributed by atoms with E-state index in [2.05, 4.69) is 13.8 Å². The second-order valence-corrected chi connectivity index (χ2v) is 20.3. The van der Waals surface area contributed by atoms with Gasteiger partial charge in [0.25, 0.3) is 7.82 Å². The maximum absolute atomic E-state index is 12.7. The van der Waals surface area contributed by atoms with Gasteiger partial charge in [0.05, 0.1) is 27.7 Å². The summed E-state index contributed by atoms with van der Waals surface area (Å²) in [6.07, 6.45) is 45.5. The Balaban J connectivity index is 4.20. The quantitative estimate of drug-likeness (QED) is 0.0257. The van der Waals surface area contributed by atoms with Crippen molar-refractivity contribution in [3.63, 3.8) is 0 Å². The first kappa shape index (κ1) is 59.0. The molecule has 0 aliphatic rings. The summed E-state index contributed by atoms with van der Waals surface area (Å²) < 4.78 is 34.1. The van der Waals surface area contributed by atoms with Gasteiger partial charge >= 0.3 is 11.9 Å². The van der Waals surface area contributed by atoms with E-state index in [9.17, 15) is 19.0 Å². The van der Waals surface area contributed by atoms with E-state index in [-0.39, 0.29) is 32.0 Å². The summed E-state index contributed by atoms with van der Waals surface area (Å²) in [5, 5.41) is 0. The standard InChI is InChI=1S/C50H100NO8P/c1-6-8-10-12-14-16-18-20-22-24-26-28-30-32-34-36-38-40-42-49(52)56-46-48(47-58-60(54,55)57-45-44-51(3,4)5)59-50(53)43-41-39-37-35-33-31-29-27-25-23-21-19-17-15-13-11-9-7-2/h48H,6-47H2,1-5H3/t48-/m1/s1. The highest BCUT2D eigenvalue weighted by Crippen LogP contribution is 2.38. The fourth-order valence-electron chi connectivity index (χ4n) is 7.60. The van der Waals surface area contributed by atoms with E-state index in [0.29, 0.717) is 17.4 Å². The fraction of sp³-hybridized carbons (Fsp3) is 0.960. The van der Waals surface area contributed by atoms with Gasteiger partial charge in [-0.05, 0) is 12.8 Å². The Labute approximate surface area is 372 Å². The summed E-state index contributed by atoms with van der Waals surface area (Å²) in [6.45, 7) is 4.29. The van der Waals surface area contributed by atoms with Crippen molar-refractivity contribution < 1.29 is 42.1 Å². The first-order chi connectivity index (χ1) is 29.0. The van der Waals surface area contributed by atoms with Gasteiger partial charge < -0.3 is 27.9 Å². The lowest BCUT2D eigenvalue weighted by Gasteiger charge is -2.28. The van der Waals surface area contributed by atoms with Gasteiger partial charge in [-0.15, -0.1) is 0 Å². The van der Waals surface area contributed by atoms with Crippen molar-refractivity contribution in [3.8, 4) is 0 Å². The van der Waals surface area contributed by atoms with Gasteiger partial charge in [-0.2, -0.15) is 0 Å². The van der Waals surface area contributed by atoms with Gasteiger partial charge in [-0.3, -0.25) is 14.2 Å². The highest BCUT2D eigenvalue weighted by molar-refractivity contribution is 7.45. The normalized spacial score (nSPS) is 13.4. The van der Waals surface area contributed by atoms with Gasteiger partial charge in [0.15, 0.2) is 6.10 Å². The molecule has 0 saturated heterocycles. The number of rotatable bonds is 48. The van der Waals surface area contributed by atoms with Crippen molar-refractivity contribution in [1.82, 2.24) is 0 Å². The zero-order valence-electron chi connectivity index (χ0n) is 40.4. The Kier molecular flexibility index (Phi) is 42.6. The van der Waals surface area contributed by atoms with Crippen LogP contribution in [0.15, 0.2) is 0 Å². The number of nitrogens with zero attached hydrogens (tertiary/aromatic N) is 1. The number of quaternary nitrogens is 1. The summed E-state index contributed by atoms with van der Waals surface area (Å²) >= 11 is 0. The maximum Gasteiger partial charge on any atom is 0.306 e. The number of ether oxygens (including phenoxy) is 2. The predicted octanol–water partition coefficient (Wildman–Crippen LogP) is 14.5. The largest absolute Gasteiger partial charge is 0.756 e. The molecule has 1 unspecified atom stereocenters. The van der Waals surface area contributed by atoms with Crippen molar-refractivity contribution in [3.05, 3.63) is 0 Å². The molecule has 9 nitrogen and oxygen atoms in total. The van der Waals surface area contributed by atoms with Crippen molar-refractivity contribution in [1.29, 1.82) is 0 Å². The summed E-state index contributed by atoms with van der Waals surface area (Å²) in [5.74, 6) is -0.813. The first-order valence-electron chi connectivity index (χ1n) is 25.7. The lowest BCUT2D eigenvalue weighted by molar-refractivity contribution is -0.870. The molecule has 0 saturated carbocycles. The van der Waals surface area contributed by atoms with Crippen molar-refractivity contribution >= 4 is 19.8 Å². The maximum atomic E-state index is 12.7. The summed E-state index contributed by atoms with van der Waals surface area (Å²) in [5.41, 5.74) is 0. The number of carbonyl (C=O) groups excluding carboxylic acids is 2. The number of hydrogen-bond acceptors (Lipinski definition) is 8. The van der Waals surface area contributed by atoms with Crippen LogP contribution in [0.3, 0.4) is 0 Å². The second kappa shape index (κ2) is 43.3. The van der Waals surface area contributed by atoms with E-state index in [1.54, 1.807) is 0 Å². The number of likely N-dealkylation sites (N-methyl/N-ethyl adjacent to an activating group) is 1. The van der Waals surface area contributed by atoms with Crippen molar-refractivity contribution in [2.45, 2.75) is 264 Å². The molecule has 60 heavy (non-hydrogen) atoms. The number of unbranched alkanes of at least 4 members (excludes halogenated alkanes) is 34. The molecule has 0 fully saturated rings. The monoisotopic (exact) mass is 874 g/mol. The van der Waals surface area contributed by atoms with Crippen molar-refractivity contribution in [2.24, 2.45) is 0 Å². The smallest absolute Gasteiger partial charge is 0.306 e. The average Bonchev–Trinajstić information content (AvgIpc) is 3.20. The van der Waals surface area contributed by atoms with Gasteiger partial charge in [0, 0.05) is 12.8 Å². The number of phosphoric acid groups is 1. The SMILES string of the molecule is CCCCCCCCCCCCCCCCCCCCC(=O)OC[C@H](COP(=O)([O-])OCC[N+](C)(C)C)OC(=O)CCCCCCCCCCCCCCCCCCCC. The van der Waals surface area contributed by atoms with Crippen LogP contribution in [-0.4, -0.2) is 70.0 Å². The van der Waals surface area contributed by atoms with E-state index in [1.165, 1.54) is 193 Å². The highest BCUT2D eigenvalue weighted by atomic mass is 31.2. The molecule has 0 aromatic carbocycles. The van der Waals surface area contributed by atoms with Gasteiger partial charge in [-0.1, -0.05) is 232 Å². The van der Waals surface area contributed by atoms with Crippen LogP contribution in [0.4, 0.5) is 0 Å². The number of esters is 2. The third-order valence-electron chi connectivity index (χ3n) is 11.6. The molecule has 0 aliphatic heterocycles. The molecule has 0 N–H and O–H groups in total. The molecular weight excluding hydrogens is 774 g/mol. The molecule has 0 aliphatic carbocycles. The summed E-state index contributed by atoms with van der Waals surface area (Å²) in [4.78, 5) is 37.7. The zero-order valence-corrected chi connectivity index (χ0v) is 41.3. The van der Waals surface area contributed by atoms with E-state index in [4.69, 9.17) is 18.5 Å². The van der Waals surface area contributed by atoms with Crippen LogP contribution in [0.5, 0.6) is 0 Å². The number of hydrogen-bond donors (Lipinski definition) is 0. The van der Waals surface area contributed by atoms with Gasteiger partial charge in [0.1, 0.15) is 19.8 Å². The van der Waals surface area contributed by atoms with Crippen molar-refractivity contribution in [2.75, 3.05) is 47.5 Å². The van der Waals surface area contributed by atoms with Gasteiger partial charge in [-0.25, -0.2) is 0 Å². The van der Waals surface area contributed by atoms with E-state index >= 15 is 0 Å². The van der Waals surface area contributed by atoms with Crippen LogP contribution < -0.4 is 4.89 Å². The molecule has 0 spiro atoms. The van der Waals surface area contributed by atoms with E-state index in [1.807, 2.05) is 21.1 Å². The van der Waals surface area contributed by atoms with Crippen LogP contribution in [0.1, 0.15) is 258 Å². The van der Waals surface area contributed by atoms with Crippen LogP contribution in [-0.2, 0) is 32.7 Å². The molecule has 0 radical (unpaired) electrons. The summed E-state index contributed by atoms with van der Waals surface area (Å²) in [7, 11) is 1.19. The number of carbonyl (C=O) groups is 2. The van der Waals surface area contributed by atoms with E-state index < -0.39 is 26.5 Å². The molecular formula is C50H100NO8P. The van der Waals surface area contributed by atoms with E-state index in [0.717, 1.165) is 32.1 Å². The Bertz CT molecular complexity index is 990. The van der Waals surface area contributed by atoms with Crippen LogP contribution in [0.2, 0.25) is 0 Å². The van der Waals surface area contributed by atoms with Crippen LogP contribution in [0, 0.1) is 0 Å². The number of phosphoric ester groups is 1. The zero-order chi connectivity index (χ0) is 44.3. The minimum atomic E-state index is -4.62. The predicted molar refractivity (Wildman–Crippen MR) is 250 cm³/mol. The first-order valence-corrected chi connectivity index (χ1v) is 27.2. The lowest BCUT2D eigenvalue weighted by Crippen LogP contribution is -2.37. The average molecular weight is 874 g/mol. The highest BCUT2D eigenvalue weighted by Gasteiger charge is 2.21.